The Labute approximate surface area is 145 Å². The van der Waals surface area contributed by atoms with Crippen LogP contribution in [0.1, 0.15) is 22.8 Å². The van der Waals surface area contributed by atoms with E-state index in [-0.39, 0.29) is 18.4 Å². The fraction of sp³-hybridized carbons (Fsp3) is 0.263. The van der Waals surface area contributed by atoms with E-state index in [0.717, 1.165) is 5.56 Å². The molecule has 5 nitrogen and oxygen atoms in total. The number of nitriles is 1. The minimum Gasteiger partial charge on any atom is -0.370 e. The highest BCUT2D eigenvalue weighted by Crippen LogP contribution is 2.25. The molecule has 0 aromatic heterocycles. The van der Waals surface area contributed by atoms with Crippen LogP contribution in [-0.2, 0) is 4.74 Å². The van der Waals surface area contributed by atoms with Crippen molar-refractivity contribution in [1.29, 1.82) is 5.26 Å². The average Bonchev–Trinajstić information content (AvgIpc) is 2.64. The lowest BCUT2D eigenvalue weighted by Crippen LogP contribution is -2.44. The fourth-order valence-electron chi connectivity index (χ4n) is 2.78. The molecule has 0 radical (unpaired) electrons. The third kappa shape index (κ3) is 3.78. The van der Waals surface area contributed by atoms with Crippen LogP contribution in [0, 0.1) is 24.1 Å². The first-order chi connectivity index (χ1) is 12.1. The standard InChI is InChI=1S/C19H18FN3O2/c1-13-6-7-14(11-21)10-17(13)22-19(24)23-8-9-25-18(12-23)15-4-2-3-5-16(15)20/h2-7,10,18H,8-9,12H2,1H3,(H,22,24)/t18-/m1/s1. The normalized spacial score (nSPS) is 17.0. The molecule has 1 aliphatic rings. The number of urea groups is 1. The second kappa shape index (κ2) is 7.32. The number of halogens is 1. The number of benzene rings is 2. The molecule has 2 aromatic rings. The Bertz CT molecular complexity index is 832. The Morgan fingerprint density at radius 2 is 2.16 bits per heavy atom. The highest BCUT2D eigenvalue weighted by molar-refractivity contribution is 5.90. The molecule has 128 valence electrons. The zero-order chi connectivity index (χ0) is 17.8. The number of nitrogens with zero attached hydrogens (tertiary/aromatic N) is 2. The summed E-state index contributed by atoms with van der Waals surface area (Å²) in [7, 11) is 0. The minimum atomic E-state index is -0.493. The smallest absolute Gasteiger partial charge is 0.322 e. The third-order valence-electron chi connectivity index (χ3n) is 4.21. The van der Waals surface area contributed by atoms with E-state index in [2.05, 4.69) is 11.4 Å². The highest BCUT2D eigenvalue weighted by atomic mass is 19.1. The molecule has 6 heteroatoms. The summed E-state index contributed by atoms with van der Waals surface area (Å²) >= 11 is 0. The number of anilines is 1. The van der Waals surface area contributed by atoms with Crippen LogP contribution in [0.25, 0.3) is 0 Å². The van der Waals surface area contributed by atoms with Crippen molar-refractivity contribution in [1.82, 2.24) is 4.90 Å². The van der Waals surface area contributed by atoms with E-state index in [4.69, 9.17) is 10.00 Å². The van der Waals surface area contributed by atoms with Crippen LogP contribution in [0.15, 0.2) is 42.5 Å². The summed E-state index contributed by atoms with van der Waals surface area (Å²) in [6, 6.07) is 13.3. The third-order valence-corrected chi connectivity index (χ3v) is 4.21. The topological polar surface area (TPSA) is 65.4 Å². The number of hydrogen-bond acceptors (Lipinski definition) is 3. The zero-order valence-electron chi connectivity index (χ0n) is 13.8. The van der Waals surface area contributed by atoms with Crippen LogP contribution in [0.5, 0.6) is 0 Å². The van der Waals surface area contributed by atoms with Crippen LogP contribution in [0.2, 0.25) is 0 Å². The van der Waals surface area contributed by atoms with Gasteiger partial charge in [0.25, 0.3) is 0 Å². The van der Waals surface area contributed by atoms with Crippen molar-refractivity contribution < 1.29 is 13.9 Å². The summed E-state index contributed by atoms with van der Waals surface area (Å²) in [5.41, 5.74) is 2.39. The lowest BCUT2D eigenvalue weighted by atomic mass is 10.1. The quantitative estimate of drug-likeness (QED) is 0.909. The van der Waals surface area contributed by atoms with Gasteiger partial charge in [-0.25, -0.2) is 9.18 Å². The van der Waals surface area contributed by atoms with Gasteiger partial charge in [0.05, 0.1) is 24.8 Å². The first-order valence-electron chi connectivity index (χ1n) is 8.01. The second-order valence-electron chi connectivity index (χ2n) is 5.90. The van der Waals surface area contributed by atoms with E-state index in [1.165, 1.54) is 6.07 Å². The van der Waals surface area contributed by atoms with E-state index in [0.29, 0.717) is 30.0 Å². The van der Waals surface area contributed by atoms with E-state index in [1.807, 2.05) is 6.92 Å². The van der Waals surface area contributed by atoms with E-state index in [9.17, 15) is 9.18 Å². The summed E-state index contributed by atoms with van der Waals surface area (Å²) in [4.78, 5) is 14.2. The number of amides is 2. The molecule has 0 saturated carbocycles. The molecule has 3 rings (SSSR count). The van der Waals surface area contributed by atoms with Gasteiger partial charge in [-0.1, -0.05) is 24.3 Å². The largest absolute Gasteiger partial charge is 0.370 e. The molecule has 2 amide bonds. The molecule has 1 saturated heterocycles. The lowest BCUT2D eigenvalue weighted by molar-refractivity contribution is -0.0152. The fourth-order valence-corrected chi connectivity index (χ4v) is 2.78. The van der Waals surface area contributed by atoms with Crippen molar-refractivity contribution in [2.75, 3.05) is 25.0 Å². The molecule has 25 heavy (non-hydrogen) atoms. The Balaban J connectivity index is 1.73. The van der Waals surface area contributed by atoms with Crippen molar-refractivity contribution in [2.45, 2.75) is 13.0 Å². The van der Waals surface area contributed by atoms with Gasteiger partial charge in [-0.05, 0) is 30.7 Å². The van der Waals surface area contributed by atoms with Crippen LogP contribution in [0.3, 0.4) is 0 Å². The number of rotatable bonds is 2. The maximum Gasteiger partial charge on any atom is 0.322 e. The van der Waals surface area contributed by atoms with Crippen molar-refractivity contribution in [2.24, 2.45) is 0 Å². The lowest BCUT2D eigenvalue weighted by Gasteiger charge is -2.33. The van der Waals surface area contributed by atoms with E-state index >= 15 is 0 Å². The summed E-state index contributed by atoms with van der Waals surface area (Å²) in [6.07, 6.45) is -0.493. The average molecular weight is 339 g/mol. The molecular formula is C19H18FN3O2. The van der Waals surface area contributed by atoms with Gasteiger partial charge >= 0.3 is 6.03 Å². The summed E-state index contributed by atoms with van der Waals surface area (Å²) in [5.74, 6) is -0.340. The maximum atomic E-state index is 14.0. The van der Waals surface area contributed by atoms with Gasteiger partial charge < -0.3 is 15.0 Å². The molecular weight excluding hydrogens is 321 g/mol. The first kappa shape index (κ1) is 16.9. The molecule has 1 atom stereocenters. The van der Waals surface area contributed by atoms with Gasteiger partial charge in [-0.3, -0.25) is 0 Å². The zero-order valence-corrected chi connectivity index (χ0v) is 13.8. The number of morpholine rings is 1. The number of carbonyl (C=O) groups is 1. The molecule has 2 aromatic carbocycles. The number of carbonyl (C=O) groups excluding carboxylic acids is 1. The van der Waals surface area contributed by atoms with E-state index < -0.39 is 6.10 Å². The van der Waals surface area contributed by atoms with Gasteiger partial charge in [0, 0.05) is 17.8 Å². The van der Waals surface area contributed by atoms with Crippen LogP contribution < -0.4 is 5.32 Å². The minimum absolute atomic E-state index is 0.268. The SMILES string of the molecule is Cc1ccc(C#N)cc1NC(=O)N1CCO[C@@H](c2ccccc2F)C1. The van der Waals surface area contributed by atoms with E-state index in [1.54, 1.807) is 41.3 Å². The molecule has 1 aliphatic heterocycles. The van der Waals surface area contributed by atoms with Gasteiger partial charge in [0.2, 0.25) is 0 Å². The predicted molar refractivity (Wildman–Crippen MR) is 91.6 cm³/mol. The molecule has 1 heterocycles. The Morgan fingerprint density at radius 3 is 2.92 bits per heavy atom. The molecule has 1 N–H and O–H groups in total. The number of ether oxygens (including phenoxy) is 1. The first-order valence-corrected chi connectivity index (χ1v) is 8.01. The van der Waals surface area contributed by atoms with Crippen molar-refractivity contribution >= 4 is 11.7 Å². The summed E-state index contributed by atoms with van der Waals surface area (Å²) < 4.78 is 19.6. The van der Waals surface area contributed by atoms with Gasteiger partial charge in [0.15, 0.2) is 0 Å². The van der Waals surface area contributed by atoms with Crippen molar-refractivity contribution in [3.05, 3.63) is 65.0 Å². The van der Waals surface area contributed by atoms with Gasteiger partial charge in [0.1, 0.15) is 11.9 Å². The van der Waals surface area contributed by atoms with Gasteiger partial charge in [-0.2, -0.15) is 5.26 Å². The second-order valence-corrected chi connectivity index (χ2v) is 5.90. The molecule has 1 fully saturated rings. The molecule has 0 aliphatic carbocycles. The number of aryl methyl sites for hydroxylation is 1. The molecule has 0 unspecified atom stereocenters. The summed E-state index contributed by atoms with van der Waals surface area (Å²) in [6.45, 7) is 2.89. The number of nitrogens with one attached hydrogen (secondary N) is 1. The number of hydrogen-bond donors (Lipinski definition) is 1. The molecule has 0 bridgehead atoms. The van der Waals surface area contributed by atoms with Crippen LogP contribution in [-0.4, -0.2) is 30.6 Å². The maximum absolute atomic E-state index is 14.0. The van der Waals surface area contributed by atoms with Crippen LogP contribution in [0.4, 0.5) is 14.9 Å². The van der Waals surface area contributed by atoms with Crippen LogP contribution >= 0.6 is 0 Å². The van der Waals surface area contributed by atoms with Crippen molar-refractivity contribution in [3.63, 3.8) is 0 Å². The summed E-state index contributed by atoms with van der Waals surface area (Å²) in [5, 5.41) is 11.8. The monoisotopic (exact) mass is 339 g/mol. The highest BCUT2D eigenvalue weighted by Gasteiger charge is 2.27. The van der Waals surface area contributed by atoms with Crippen molar-refractivity contribution in [3.8, 4) is 6.07 Å². The predicted octanol–water partition coefficient (Wildman–Crippen LogP) is 3.61. The molecule has 0 spiro atoms. The Morgan fingerprint density at radius 1 is 1.36 bits per heavy atom. The Kier molecular flexibility index (Phi) is 4.96. The van der Waals surface area contributed by atoms with Gasteiger partial charge in [-0.15, -0.1) is 0 Å². The Hall–Kier alpha value is -2.91.